The van der Waals surface area contributed by atoms with Crippen molar-refractivity contribution < 1.29 is 22.7 Å². The van der Waals surface area contributed by atoms with Gasteiger partial charge in [0.1, 0.15) is 5.75 Å². The minimum atomic E-state index is -4.78. The Kier molecular flexibility index (Phi) is 4.63. The van der Waals surface area contributed by atoms with Gasteiger partial charge in [-0.05, 0) is 30.7 Å². The zero-order valence-electron chi connectivity index (χ0n) is 10.3. The normalized spacial score (nSPS) is 14.9. The third kappa shape index (κ3) is 3.48. The Morgan fingerprint density at radius 3 is 2.47 bits per heavy atom. The zero-order chi connectivity index (χ0) is 14.8. The van der Waals surface area contributed by atoms with E-state index in [0.29, 0.717) is 22.7 Å². The van der Waals surface area contributed by atoms with E-state index in [1.165, 1.54) is 13.2 Å². The lowest BCUT2D eigenvalue weighted by Gasteiger charge is -2.26. The molecule has 0 saturated carbocycles. The van der Waals surface area contributed by atoms with Gasteiger partial charge >= 0.3 is 6.18 Å². The minimum Gasteiger partial charge on any atom is -0.497 e. The number of methoxy groups -OCH3 is 1. The first-order valence-electron chi connectivity index (χ1n) is 5.31. The Morgan fingerprint density at radius 1 is 1.42 bits per heavy atom. The molecule has 0 saturated heterocycles. The first-order chi connectivity index (χ1) is 8.59. The molecule has 0 aliphatic rings. The Hall–Kier alpha value is -1.08. The van der Waals surface area contributed by atoms with E-state index < -0.39 is 23.9 Å². The highest BCUT2D eigenvalue weighted by atomic mass is 79.9. The number of alkyl halides is 3. The monoisotopic (exact) mass is 339 g/mol. The van der Waals surface area contributed by atoms with Crippen molar-refractivity contribution in [2.24, 2.45) is 5.73 Å². The van der Waals surface area contributed by atoms with Crippen molar-refractivity contribution in [3.05, 3.63) is 28.2 Å². The summed E-state index contributed by atoms with van der Waals surface area (Å²) in [6.07, 6.45) is -5.21. The minimum absolute atomic E-state index is 0.394. The molecular weight excluding hydrogens is 327 g/mol. The number of carbonyl (C=O) groups is 1. The van der Waals surface area contributed by atoms with Crippen LogP contribution in [0.1, 0.15) is 12.5 Å². The highest BCUT2D eigenvalue weighted by Crippen LogP contribution is 2.31. The second-order valence-corrected chi connectivity index (χ2v) is 5.11. The predicted octanol–water partition coefficient (Wildman–Crippen LogP) is 2.85. The first kappa shape index (κ1) is 16.0. The zero-order valence-corrected chi connectivity index (χ0v) is 11.9. The van der Waals surface area contributed by atoms with E-state index in [1.807, 2.05) is 0 Å². The fraction of sp³-hybridized carbons (Fsp3) is 0.417. The van der Waals surface area contributed by atoms with Crippen molar-refractivity contribution in [3.63, 3.8) is 0 Å². The van der Waals surface area contributed by atoms with Crippen LogP contribution in [0.25, 0.3) is 0 Å². The predicted molar refractivity (Wildman–Crippen MR) is 68.1 cm³/mol. The van der Waals surface area contributed by atoms with Crippen LogP contribution in [0.5, 0.6) is 5.75 Å². The number of hydrogen-bond donors (Lipinski definition) is 1. The molecule has 19 heavy (non-hydrogen) atoms. The summed E-state index contributed by atoms with van der Waals surface area (Å²) in [4.78, 5) is 11.7. The molecule has 0 fully saturated rings. The molecule has 2 N–H and O–H groups in total. The summed E-state index contributed by atoms with van der Waals surface area (Å²) in [5.41, 5.74) is 2.61. The fourth-order valence-electron chi connectivity index (χ4n) is 1.33. The molecule has 0 spiro atoms. The summed E-state index contributed by atoms with van der Waals surface area (Å²) in [5, 5.41) is 0. The van der Waals surface area contributed by atoms with Crippen LogP contribution in [-0.2, 0) is 11.2 Å². The van der Waals surface area contributed by atoms with Gasteiger partial charge in [-0.25, -0.2) is 0 Å². The topological polar surface area (TPSA) is 52.3 Å². The van der Waals surface area contributed by atoms with Crippen molar-refractivity contribution in [1.29, 1.82) is 0 Å². The van der Waals surface area contributed by atoms with Gasteiger partial charge in [0.05, 0.1) is 7.11 Å². The Morgan fingerprint density at radius 2 is 2.00 bits per heavy atom. The second kappa shape index (κ2) is 5.50. The number of ketones is 1. The highest BCUT2D eigenvalue weighted by molar-refractivity contribution is 9.10. The molecule has 7 heteroatoms. The molecule has 3 nitrogen and oxygen atoms in total. The third-order valence-corrected chi connectivity index (χ3v) is 3.55. The van der Waals surface area contributed by atoms with Crippen molar-refractivity contribution in [3.8, 4) is 5.75 Å². The number of benzene rings is 1. The number of halogens is 4. The maximum atomic E-state index is 12.7. The molecular formula is C12H13BrF3NO2. The molecule has 1 atom stereocenters. The summed E-state index contributed by atoms with van der Waals surface area (Å²) in [6, 6.07) is 4.72. The van der Waals surface area contributed by atoms with E-state index >= 15 is 0 Å². The summed E-state index contributed by atoms with van der Waals surface area (Å²) < 4.78 is 43.4. The number of ether oxygens (including phenoxy) is 1. The van der Waals surface area contributed by atoms with Gasteiger partial charge in [-0.1, -0.05) is 15.9 Å². The molecule has 0 bridgehead atoms. The second-order valence-electron chi connectivity index (χ2n) is 4.26. The molecule has 1 aromatic rings. The average Bonchev–Trinajstić information content (AvgIpc) is 2.30. The van der Waals surface area contributed by atoms with Gasteiger partial charge in [-0.15, -0.1) is 0 Å². The maximum absolute atomic E-state index is 12.7. The van der Waals surface area contributed by atoms with Crippen molar-refractivity contribution >= 4 is 21.7 Å². The molecule has 1 rings (SSSR count). The van der Waals surface area contributed by atoms with E-state index in [1.54, 1.807) is 12.1 Å². The van der Waals surface area contributed by atoms with Crippen LogP contribution in [0, 0.1) is 0 Å². The Balaban J connectivity index is 3.00. The van der Waals surface area contributed by atoms with Crippen LogP contribution in [-0.4, -0.2) is 24.6 Å². The van der Waals surface area contributed by atoms with E-state index in [9.17, 15) is 18.0 Å². The lowest BCUT2D eigenvalue weighted by atomic mass is 9.92. The maximum Gasteiger partial charge on any atom is 0.413 e. The van der Waals surface area contributed by atoms with Gasteiger partial charge in [0.15, 0.2) is 11.3 Å². The Labute approximate surface area is 117 Å². The highest BCUT2D eigenvalue weighted by Gasteiger charge is 2.53. The van der Waals surface area contributed by atoms with E-state index in [2.05, 4.69) is 15.9 Å². The van der Waals surface area contributed by atoms with Gasteiger partial charge in [-0.2, -0.15) is 13.2 Å². The van der Waals surface area contributed by atoms with Gasteiger partial charge in [0, 0.05) is 10.9 Å². The van der Waals surface area contributed by atoms with Crippen molar-refractivity contribution in [2.75, 3.05) is 7.11 Å². The standard InChI is InChI=1S/C12H13BrF3NO2/c1-11(17,12(14,15)16)10(18)6-7-5-8(19-2)3-4-9(7)13/h3-5H,6,17H2,1-2H3. The lowest BCUT2D eigenvalue weighted by Crippen LogP contribution is -2.57. The smallest absolute Gasteiger partial charge is 0.413 e. The van der Waals surface area contributed by atoms with E-state index in [0.717, 1.165) is 0 Å². The van der Waals surface area contributed by atoms with Crippen LogP contribution in [0.3, 0.4) is 0 Å². The summed E-state index contributed by atoms with van der Waals surface area (Å²) in [7, 11) is 1.43. The molecule has 0 heterocycles. The van der Waals surface area contributed by atoms with Crippen LogP contribution >= 0.6 is 15.9 Å². The van der Waals surface area contributed by atoms with Crippen LogP contribution in [0.2, 0.25) is 0 Å². The molecule has 1 unspecified atom stereocenters. The molecule has 0 aliphatic heterocycles. The van der Waals surface area contributed by atoms with Crippen molar-refractivity contribution in [1.82, 2.24) is 0 Å². The summed E-state index contributed by atoms with van der Waals surface area (Å²) in [5.74, 6) is -0.648. The van der Waals surface area contributed by atoms with Crippen LogP contribution < -0.4 is 10.5 Å². The van der Waals surface area contributed by atoms with E-state index in [4.69, 9.17) is 10.5 Å². The molecule has 0 amide bonds. The number of rotatable bonds is 4. The Bertz CT molecular complexity index is 486. The fourth-order valence-corrected chi connectivity index (χ4v) is 1.72. The molecule has 106 valence electrons. The number of Topliss-reactive ketones (excluding diaryl/α,β-unsaturated/α-hetero) is 1. The number of nitrogens with two attached hydrogens (primary N) is 1. The summed E-state index contributed by atoms with van der Waals surface area (Å²) in [6.45, 7) is 0.670. The molecule has 0 aromatic heterocycles. The van der Waals surface area contributed by atoms with Crippen molar-refractivity contribution in [2.45, 2.75) is 25.1 Å². The lowest BCUT2D eigenvalue weighted by molar-refractivity contribution is -0.185. The van der Waals surface area contributed by atoms with Gasteiger partial charge in [0.2, 0.25) is 0 Å². The van der Waals surface area contributed by atoms with Gasteiger partial charge in [0.25, 0.3) is 0 Å². The van der Waals surface area contributed by atoms with E-state index in [-0.39, 0.29) is 0 Å². The SMILES string of the molecule is COc1ccc(Br)c(CC(=O)C(C)(N)C(F)(F)F)c1. The van der Waals surface area contributed by atoms with Crippen LogP contribution in [0.15, 0.2) is 22.7 Å². The quantitative estimate of drug-likeness (QED) is 0.917. The summed E-state index contributed by atoms with van der Waals surface area (Å²) >= 11 is 3.18. The average molecular weight is 340 g/mol. The molecule has 0 aliphatic carbocycles. The third-order valence-electron chi connectivity index (χ3n) is 2.77. The largest absolute Gasteiger partial charge is 0.497 e. The first-order valence-corrected chi connectivity index (χ1v) is 6.10. The van der Waals surface area contributed by atoms with Gasteiger partial charge in [-0.3, -0.25) is 4.79 Å². The van der Waals surface area contributed by atoms with Gasteiger partial charge < -0.3 is 10.5 Å². The molecule has 0 radical (unpaired) electrons. The molecule has 1 aromatic carbocycles. The number of carbonyl (C=O) groups excluding carboxylic acids is 1. The van der Waals surface area contributed by atoms with Crippen LogP contribution in [0.4, 0.5) is 13.2 Å². The number of hydrogen-bond acceptors (Lipinski definition) is 3.